The maximum absolute atomic E-state index is 14.3. The number of carbonyl (C=O) groups excluding carboxylic acids is 2. The van der Waals surface area contributed by atoms with Crippen molar-refractivity contribution >= 4 is 35.7 Å². The van der Waals surface area contributed by atoms with Crippen LogP contribution in [0.4, 0.5) is 0 Å². The number of carbonyl (C=O) groups is 6. The van der Waals surface area contributed by atoms with Gasteiger partial charge in [-0.2, -0.15) is 5.10 Å². The van der Waals surface area contributed by atoms with Gasteiger partial charge in [0, 0.05) is 19.2 Å². The number of methoxy groups -OCH3 is 2. The zero-order valence-electron chi connectivity index (χ0n) is 36.8. The Morgan fingerprint density at radius 1 is 0.841 bits per heavy atom. The van der Waals surface area contributed by atoms with Crippen molar-refractivity contribution in [3.05, 3.63) is 59.3 Å². The van der Waals surface area contributed by atoms with E-state index in [0.29, 0.717) is 52.4 Å². The number of hydrogen-bond donors (Lipinski definition) is 6. The number of hydrogen-bond acceptors (Lipinski definition) is 11. The number of ether oxygens (including phenoxy) is 2. The Balaban J connectivity index is 0.000000499. The average molecular weight is 878 g/mol. The van der Waals surface area contributed by atoms with Gasteiger partial charge in [0.1, 0.15) is 17.0 Å². The minimum Gasteiger partial charge on any atom is -0.496 e. The van der Waals surface area contributed by atoms with Gasteiger partial charge < -0.3 is 50.1 Å². The highest BCUT2D eigenvalue weighted by Gasteiger charge is 2.62. The van der Waals surface area contributed by atoms with Crippen LogP contribution in [-0.4, -0.2) is 140 Å². The molecular weight excluding hydrogens is 819 g/mol. The molecule has 0 saturated heterocycles. The van der Waals surface area contributed by atoms with Gasteiger partial charge in [0.15, 0.2) is 11.3 Å². The lowest BCUT2D eigenvalue weighted by molar-refractivity contribution is -0.170. The third-order valence-electron chi connectivity index (χ3n) is 12.6. The number of aliphatic carboxylic acids is 4. The number of carboxylic acid groups (broad SMARTS) is 4. The van der Waals surface area contributed by atoms with E-state index in [9.17, 15) is 33.9 Å². The summed E-state index contributed by atoms with van der Waals surface area (Å²) in [5, 5.41) is 52.5. The Hall–Kier alpha value is -6.01. The molecule has 342 valence electrons. The third-order valence-corrected chi connectivity index (χ3v) is 12.6. The van der Waals surface area contributed by atoms with Crippen LogP contribution in [-0.2, 0) is 19.2 Å². The highest BCUT2D eigenvalue weighted by Crippen LogP contribution is 2.58. The largest absolute Gasteiger partial charge is 0.496 e. The molecule has 4 bridgehead atoms. The van der Waals surface area contributed by atoms with Gasteiger partial charge in [-0.15, -0.1) is 0 Å². The number of aliphatic hydroxyl groups is 1. The molecule has 63 heavy (non-hydrogen) atoms. The first-order chi connectivity index (χ1) is 29.6. The van der Waals surface area contributed by atoms with Crippen LogP contribution in [0.3, 0.4) is 0 Å². The molecule has 0 spiro atoms. The van der Waals surface area contributed by atoms with Crippen LogP contribution in [0.5, 0.6) is 11.5 Å². The van der Waals surface area contributed by atoms with Gasteiger partial charge in [0.05, 0.1) is 44.0 Å². The summed E-state index contributed by atoms with van der Waals surface area (Å²) in [4.78, 5) is 75.2. The van der Waals surface area contributed by atoms with Gasteiger partial charge in [-0.25, -0.2) is 14.3 Å². The summed E-state index contributed by atoms with van der Waals surface area (Å²) in [5.41, 5.74) is -0.697. The molecule has 2 amide bonds. The molecule has 2 aromatic carbocycles. The van der Waals surface area contributed by atoms with Crippen molar-refractivity contribution in [1.29, 1.82) is 0 Å². The summed E-state index contributed by atoms with van der Waals surface area (Å²) >= 11 is 0. The lowest BCUT2D eigenvalue weighted by atomic mass is 9.48. The summed E-state index contributed by atoms with van der Waals surface area (Å²) in [6, 6.07) is 12.7. The van der Waals surface area contributed by atoms with E-state index in [4.69, 9.17) is 35.0 Å². The monoisotopic (exact) mass is 877 g/mol. The van der Waals surface area contributed by atoms with Crippen LogP contribution >= 0.6 is 0 Å². The summed E-state index contributed by atoms with van der Waals surface area (Å²) < 4.78 is 13.3. The second-order valence-corrected chi connectivity index (χ2v) is 17.6. The zero-order valence-corrected chi connectivity index (χ0v) is 36.8. The van der Waals surface area contributed by atoms with Gasteiger partial charge in [-0.1, -0.05) is 19.9 Å². The SMILES string of the molecule is COc1cccc(OC)c1-c1cc(C(=O)NC2(C(=O)O)C3CC4CC(C3)CC2C4)nn1-c1ccc(C(=O)N(C)CCCN(C)C)cc1C(C)C.O=C(O)CC(O)(CC(=O)O)C(=O)O. The molecule has 18 heteroatoms. The van der Waals surface area contributed by atoms with Crippen LogP contribution in [0.2, 0.25) is 0 Å². The van der Waals surface area contributed by atoms with Crippen LogP contribution in [0.15, 0.2) is 42.5 Å². The lowest BCUT2D eigenvalue weighted by Crippen LogP contribution is -2.70. The van der Waals surface area contributed by atoms with Crippen molar-refractivity contribution in [3.8, 4) is 28.4 Å². The van der Waals surface area contributed by atoms with Gasteiger partial charge in [0.2, 0.25) is 0 Å². The number of benzene rings is 2. The second kappa shape index (κ2) is 19.6. The number of carboxylic acids is 4. The Bertz CT molecular complexity index is 2150. The zero-order chi connectivity index (χ0) is 46.6. The van der Waals surface area contributed by atoms with Gasteiger partial charge in [-0.05, 0) is 131 Å². The predicted molar refractivity (Wildman–Crippen MR) is 228 cm³/mol. The minimum atomic E-state index is -2.74. The van der Waals surface area contributed by atoms with Crippen molar-refractivity contribution in [2.24, 2.45) is 23.7 Å². The minimum absolute atomic E-state index is 0.00554. The Labute approximate surface area is 365 Å². The summed E-state index contributed by atoms with van der Waals surface area (Å²) in [7, 11) is 9.00. The molecule has 7 rings (SSSR count). The second-order valence-electron chi connectivity index (χ2n) is 17.6. The summed E-state index contributed by atoms with van der Waals surface area (Å²) in [6.45, 7) is 5.62. The Morgan fingerprint density at radius 3 is 1.86 bits per heavy atom. The molecule has 4 fully saturated rings. The maximum atomic E-state index is 14.3. The molecule has 4 aliphatic carbocycles. The molecule has 0 aliphatic heterocycles. The van der Waals surface area contributed by atoms with Crippen molar-refractivity contribution in [3.63, 3.8) is 0 Å². The van der Waals surface area contributed by atoms with Crippen LogP contribution in [0.25, 0.3) is 16.9 Å². The molecule has 0 atom stereocenters. The van der Waals surface area contributed by atoms with Crippen LogP contribution in [0, 0.1) is 23.7 Å². The summed E-state index contributed by atoms with van der Waals surface area (Å²) in [5.74, 6) is -4.66. The predicted octanol–water partition coefficient (Wildman–Crippen LogP) is 4.46. The number of nitrogens with one attached hydrogen (secondary N) is 1. The standard InChI is InChI=1S/C39H51N5O6.C6H8O7/c1-23(2)29-21-26(37(46)43(5)15-9-14-42(3)4)12-13-31(29)44-32(35-33(49-6)10-8-11-34(35)50-7)22-30(41-44)36(45)40-39(38(47)48)27-17-24-16-25(19-27)20-28(39)18-24;7-3(8)1-6(13,5(11)12)2-4(9)10/h8,10-13,21-25,27-28H,9,14-20H2,1-7H3,(H,40,45)(H,47,48);13H,1-2H2,(H,7,8)(H,9,10)(H,11,12). The van der Waals surface area contributed by atoms with E-state index in [0.717, 1.165) is 44.2 Å². The third kappa shape index (κ3) is 10.3. The topological polar surface area (TPSA) is 258 Å². The molecule has 0 unspecified atom stereocenters. The van der Waals surface area contributed by atoms with E-state index >= 15 is 0 Å². The number of nitrogens with zero attached hydrogens (tertiary/aromatic N) is 4. The Kier molecular flexibility index (Phi) is 14.9. The molecule has 3 aromatic rings. The fourth-order valence-corrected chi connectivity index (χ4v) is 9.75. The number of rotatable bonds is 18. The molecule has 6 N–H and O–H groups in total. The van der Waals surface area contributed by atoms with E-state index in [1.807, 2.05) is 51.5 Å². The van der Waals surface area contributed by atoms with E-state index in [2.05, 4.69) is 24.1 Å². The van der Waals surface area contributed by atoms with E-state index < -0.39 is 53.8 Å². The van der Waals surface area contributed by atoms with Crippen molar-refractivity contribution in [1.82, 2.24) is 24.9 Å². The molecule has 4 aliphatic rings. The van der Waals surface area contributed by atoms with Gasteiger partial charge >= 0.3 is 23.9 Å². The molecule has 0 radical (unpaired) electrons. The van der Waals surface area contributed by atoms with E-state index in [1.165, 1.54) is 6.42 Å². The van der Waals surface area contributed by atoms with Crippen molar-refractivity contribution in [2.45, 2.75) is 82.3 Å². The number of amides is 2. The first kappa shape index (κ1) is 48.0. The first-order valence-corrected chi connectivity index (χ1v) is 21.0. The summed E-state index contributed by atoms with van der Waals surface area (Å²) in [6.07, 6.45) is 3.04. The highest BCUT2D eigenvalue weighted by molar-refractivity contribution is 5.98. The normalized spacial score (nSPS) is 21.0. The fourth-order valence-electron chi connectivity index (χ4n) is 9.75. The quantitative estimate of drug-likeness (QED) is 0.103. The molecule has 1 heterocycles. The smallest absolute Gasteiger partial charge is 0.336 e. The highest BCUT2D eigenvalue weighted by atomic mass is 16.5. The number of aromatic nitrogens is 2. The fraction of sp³-hybridized carbons (Fsp3) is 0.533. The van der Waals surface area contributed by atoms with Gasteiger partial charge in [0.25, 0.3) is 11.8 Å². The van der Waals surface area contributed by atoms with Crippen LogP contribution in [0.1, 0.15) is 97.5 Å². The molecule has 4 saturated carbocycles. The van der Waals surface area contributed by atoms with Crippen LogP contribution < -0.4 is 14.8 Å². The molecule has 18 nitrogen and oxygen atoms in total. The molecule has 1 aromatic heterocycles. The molecular formula is C45H59N5O13. The van der Waals surface area contributed by atoms with Crippen molar-refractivity contribution < 1.29 is 63.8 Å². The van der Waals surface area contributed by atoms with E-state index in [-0.39, 0.29) is 29.4 Å². The maximum Gasteiger partial charge on any atom is 0.336 e. The van der Waals surface area contributed by atoms with Gasteiger partial charge in [-0.3, -0.25) is 19.2 Å². The van der Waals surface area contributed by atoms with Crippen molar-refractivity contribution in [2.75, 3.05) is 48.5 Å². The first-order valence-electron chi connectivity index (χ1n) is 21.0. The average Bonchev–Trinajstić information content (AvgIpc) is 3.65. The van der Waals surface area contributed by atoms with E-state index in [1.54, 1.807) is 35.9 Å². The lowest BCUT2D eigenvalue weighted by Gasteiger charge is -2.59. The Morgan fingerprint density at radius 2 is 1.40 bits per heavy atom.